The summed E-state index contributed by atoms with van der Waals surface area (Å²) in [7, 11) is 1.93. The molecule has 0 saturated carbocycles. The van der Waals surface area contributed by atoms with Crippen LogP contribution in [0.2, 0.25) is 0 Å². The number of carbonyl (C=O) groups excluding carboxylic acids is 2. The second-order valence-electron chi connectivity index (χ2n) is 8.46. The third kappa shape index (κ3) is 3.88. The molecule has 0 bridgehead atoms. The van der Waals surface area contributed by atoms with Crippen molar-refractivity contribution < 1.29 is 9.59 Å². The maximum Gasteiger partial charge on any atom is 0.227 e. The molecule has 1 aromatic rings. The van der Waals surface area contributed by atoms with Gasteiger partial charge in [0.1, 0.15) is 0 Å². The largest absolute Gasteiger partial charge is 0.345 e. The molecule has 3 aliphatic rings. The molecule has 2 amide bonds. The maximum atomic E-state index is 13.0. The van der Waals surface area contributed by atoms with Crippen molar-refractivity contribution in [1.82, 2.24) is 9.80 Å². The molecule has 146 valence electrons. The van der Waals surface area contributed by atoms with Crippen LogP contribution in [0.1, 0.15) is 38.5 Å². The predicted molar refractivity (Wildman–Crippen MR) is 106 cm³/mol. The Morgan fingerprint density at radius 3 is 2.70 bits per heavy atom. The Hall–Kier alpha value is -1.88. The van der Waals surface area contributed by atoms with Crippen LogP contribution in [-0.4, -0.2) is 60.9 Å². The Bertz CT molecular complexity index is 675. The standard InChI is InChI=1S/C22H31N3O2/c1-23(15-17-8-7-13-24-12-6-5-11-20(17)24)22(27)18-14-21(26)25(16-18)19-9-3-2-4-10-19/h2-4,9-10,17-18,20H,5-8,11-16H2,1H3. The Kier molecular flexibility index (Phi) is 5.48. The molecule has 3 atom stereocenters. The third-order valence-electron chi connectivity index (χ3n) is 6.66. The van der Waals surface area contributed by atoms with Crippen molar-refractivity contribution in [2.24, 2.45) is 11.8 Å². The summed E-state index contributed by atoms with van der Waals surface area (Å²) in [4.78, 5) is 31.8. The molecule has 0 spiro atoms. The summed E-state index contributed by atoms with van der Waals surface area (Å²) in [5.74, 6) is 0.558. The van der Waals surface area contributed by atoms with E-state index >= 15 is 0 Å². The van der Waals surface area contributed by atoms with Crippen molar-refractivity contribution in [3.05, 3.63) is 30.3 Å². The lowest BCUT2D eigenvalue weighted by atomic mass is 9.83. The van der Waals surface area contributed by atoms with Gasteiger partial charge in [-0.1, -0.05) is 24.6 Å². The van der Waals surface area contributed by atoms with Crippen LogP contribution >= 0.6 is 0 Å². The molecule has 3 aliphatic heterocycles. The van der Waals surface area contributed by atoms with Crippen LogP contribution in [0.4, 0.5) is 5.69 Å². The summed E-state index contributed by atoms with van der Waals surface area (Å²) in [6.45, 7) is 3.78. The van der Waals surface area contributed by atoms with Gasteiger partial charge in [-0.15, -0.1) is 0 Å². The molecule has 0 N–H and O–H groups in total. The topological polar surface area (TPSA) is 43.9 Å². The Morgan fingerprint density at radius 2 is 1.89 bits per heavy atom. The number of carbonyl (C=O) groups is 2. The minimum absolute atomic E-state index is 0.0593. The normalized spacial score (nSPS) is 28.9. The van der Waals surface area contributed by atoms with Crippen molar-refractivity contribution in [3.63, 3.8) is 0 Å². The van der Waals surface area contributed by atoms with E-state index in [-0.39, 0.29) is 17.7 Å². The number of anilines is 1. The lowest BCUT2D eigenvalue weighted by Gasteiger charge is -2.45. The van der Waals surface area contributed by atoms with Gasteiger partial charge < -0.3 is 14.7 Å². The highest BCUT2D eigenvalue weighted by molar-refractivity contribution is 6.00. The fraction of sp³-hybridized carbons (Fsp3) is 0.636. The van der Waals surface area contributed by atoms with Gasteiger partial charge in [-0.05, 0) is 56.8 Å². The molecule has 0 aliphatic carbocycles. The van der Waals surface area contributed by atoms with Gasteiger partial charge in [-0.25, -0.2) is 0 Å². The summed E-state index contributed by atoms with van der Waals surface area (Å²) >= 11 is 0. The average molecular weight is 370 g/mol. The number of hydrogen-bond acceptors (Lipinski definition) is 3. The van der Waals surface area contributed by atoms with Crippen LogP contribution in [0.25, 0.3) is 0 Å². The van der Waals surface area contributed by atoms with Gasteiger partial charge in [0.05, 0.1) is 5.92 Å². The van der Waals surface area contributed by atoms with Gasteiger partial charge >= 0.3 is 0 Å². The molecule has 1 aromatic carbocycles. The number of fused-ring (bicyclic) bond motifs is 1. The van der Waals surface area contributed by atoms with E-state index in [0.29, 0.717) is 24.9 Å². The molecular formula is C22H31N3O2. The molecule has 3 unspecified atom stereocenters. The predicted octanol–water partition coefficient (Wildman–Crippen LogP) is 2.76. The van der Waals surface area contributed by atoms with Gasteiger partial charge in [0.2, 0.25) is 11.8 Å². The molecule has 3 fully saturated rings. The number of para-hydroxylation sites is 1. The number of nitrogens with zero attached hydrogens (tertiary/aromatic N) is 3. The highest BCUT2D eigenvalue weighted by atomic mass is 16.2. The van der Waals surface area contributed by atoms with Gasteiger partial charge in [0.25, 0.3) is 0 Å². The number of rotatable bonds is 4. The number of hydrogen-bond donors (Lipinski definition) is 0. The molecule has 3 saturated heterocycles. The minimum Gasteiger partial charge on any atom is -0.345 e. The van der Waals surface area contributed by atoms with Crippen molar-refractivity contribution in [2.45, 2.75) is 44.6 Å². The van der Waals surface area contributed by atoms with Crippen LogP contribution in [0.3, 0.4) is 0 Å². The van der Waals surface area contributed by atoms with Gasteiger partial charge in [0, 0.05) is 38.3 Å². The van der Waals surface area contributed by atoms with E-state index in [9.17, 15) is 9.59 Å². The zero-order valence-corrected chi connectivity index (χ0v) is 16.3. The number of benzene rings is 1. The summed E-state index contributed by atoms with van der Waals surface area (Å²) in [6, 6.07) is 10.3. The van der Waals surface area contributed by atoms with Crippen LogP contribution in [0.5, 0.6) is 0 Å². The summed E-state index contributed by atoms with van der Waals surface area (Å²) in [5.41, 5.74) is 0.894. The zero-order chi connectivity index (χ0) is 18.8. The van der Waals surface area contributed by atoms with E-state index in [2.05, 4.69) is 4.90 Å². The molecule has 5 heteroatoms. The quantitative estimate of drug-likeness (QED) is 0.820. The Labute approximate surface area is 162 Å². The fourth-order valence-corrected chi connectivity index (χ4v) is 5.27. The molecule has 4 rings (SSSR count). The molecular weight excluding hydrogens is 338 g/mol. The number of piperidine rings is 2. The first-order chi connectivity index (χ1) is 13.1. The van der Waals surface area contributed by atoms with Crippen molar-refractivity contribution >= 4 is 17.5 Å². The van der Waals surface area contributed by atoms with E-state index in [1.807, 2.05) is 42.3 Å². The van der Waals surface area contributed by atoms with Gasteiger partial charge in [-0.3, -0.25) is 9.59 Å². The first kappa shape index (κ1) is 18.5. The Morgan fingerprint density at radius 1 is 1.11 bits per heavy atom. The van der Waals surface area contributed by atoms with Crippen LogP contribution < -0.4 is 4.90 Å². The molecule has 0 aromatic heterocycles. The molecule has 3 heterocycles. The second-order valence-corrected chi connectivity index (χ2v) is 8.46. The van der Waals surface area contributed by atoms with E-state index in [1.165, 1.54) is 45.2 Å². The van der Waals surface area contributed by atoms with E-state index in [1.54, 1.807) is 4.90 Å². The first-order valence-corrected chi connectivity index (χ1v) is 10.5. The van der Waals surface area contributed by atoms with Gasteiger partial charge in [0.15, 0.2) is 0 Å². The minimum atomic E-state index is -0.214. The monoisotopic (exact) mass is 369 g/mol. The lowest BCUT2D eigenvalue weighted by molar-refractivity contribution is -0.135. The van der Waals surface area contributed by atoms with Crippen molar-refractivity contribution in [3.8, 4) is 0 Å². The third-order valence-corrected chi connectivity index (χ3v) is 6.66. The first-order valence-electron chi connectivity index (χ1n) is 10.5. The summed E-state index contributed by atoms with van der Waals surface area (Å²) in [6.07, 6.45) is 6.70. The average Bonchev–Trinajstić information content (AvgIpc) is 3.10. The summed E-state index contributed by atoms with van der Waals surface area (Å²) < 4.78 is 0. The highest BCUT2D eigenvalue weighted by Gasteiger charge is 2.38. The lowest BCUT2D eigenvalue weighted by Crippen LogP contribution is -2.51. The fourth-order valence-electron chi connectivity index (χ4n) is 5.27. The Balaban J connectivity index is 1.37. The van der Waals surface area contributed by atoms with Gasteiger partial charge in [-0.2, -0.15) is 0 Å². The number of amides is 2. The van der Waals surface area contributed by atoms with Crippen molar-refractivity contribution in [2.75, 3.05) is 38.1 Å². The molecule has 27 heavy (non-hydrogen) atoms. The van der Waals surface area contributed by atoms with E-state index in [0.717, 1.165) is 12.2 Å². The SMILES string of the molecule is CN(CC1CCCN2CCCCC12)C(=O)C1CC(=O)N(c2ccccc2)C1. The van der Waals surface area contributed by atoms with E-state index < -0.39 is 0 Å². The van der Waals surface area contributed by atoms with E-state index in [4.69, 9.17) is 0 Å². The van der Waals surface area contributed by atoms with Crippen LogP contribution in [0, 0.1) is 11.8 Å². The highest BCUT2D eigenvalue weighted by Crippen LogP contribution is 2.32. The second kappa shape index (κ2) is 8.01. The zero-order valence-electron chi connectivity index (χ0n) is 16.3. The van der Waals surface area contributed by atoms with Crippen molar-refractivity contribution in [1.29, 1.82) is 0 Å². The van der Waals surface area contributed by atoms with Crippen LogP contribution in [-0.2, 0) is 9.59 Å². The summed E-state index contributed by atoms with van der Waals surface area (Å²) in [5, 5.41) is 0. The smallest absolute Gasteiger partial charge is 0.227 e. The molecule has 5 nitrogen and oxygen atoms in total. The maximum absolute atomic E-state index is 13.0. The van der Waals surface area contributed by atoms with Crippen LogP contribution in [0.15, 0.2) is 30.3 Å². The molecule has 0 radical (unpaired) electrons.